The van der Waals surface area contributed by atoms with Gasteiger partial charge in [0, 0.05) is 21.5 Å². The first-order chi connectivity index (χ1) is 10.0. The van der Waals surface area contributed by atoms with Crippen molar-refractivity contribution in [3.8, 4) is 0 Å². The molecule has 112 valence electrons. The first-order valence-electron chi connectivity index (χ1n) is 6.64. The molecule has 2 aromatic carbocycles. The second-order valence-corrected chi connectivity index (χ2v) is 6.73. The molecule has 0 aliphatic heterocycles. The van der Waals surface area contributed by atoms with Gasteiger partial charge in [0.05, 0.1) is 10.3 Å². The Morgan fingerprint density at radius 1 is 1.19 bits per heavy atom. The smallest absolute Gasteiger partial charge is 0.127 e. The standard InChI is InChI=1S/C16H16Cl2FNS/c1-2-14(20)16(11-5-3-4-6-13(11)19)21-15-9-10(17)7-8-12(15)18/h3-9,14,16H,2,20H2,1H3. The zero-order chi connectivity index (χ0) is 15.4. The minimum atomic E-state index is -0.253. The Kier molecular flexibility index (Phi) is 5.94. The lowest BCUT2D eigenvalue weighted by molar-refractivity contribution is 0.572. The lowest BCUT2D eigenvalue weighted by Crippen LogP contribution is -2.26. The molecule has 0 aromatic heterocycles. The number of benzene rings is 2. The van der Waals surface area contributed by atoms with Crippen LogP contribution in [0.3, 0.4) is 0 Å². The van der Waals surface area contributed by atoms with Gasteiger partial charge in [-0.05, 0) is 30.7 Å². The Morgan fingerprint density at radius 2 is 1.90 bits per heavy atom. The van der Waals surface area contributed by atoms with Gasteiger partial charge in [0.15, 0.2) is 0 Å². The molecular formula is C16H16Cl2FNS. The molecular weight excluding hydrogens is 328 g/mol. The highest BCUT2D eigenvalue weighted by molar-refractivity contribution is 7.99. The van der Waals surface area contributed by atoms with Crippen molar-refractivity contribution in [2.75, 3.05) is 0 Å². The van der Waals surface area contributed by atoms with E-state index in [0.717, 1.165) is 11.3 Å². The van der Waals surface area contributed by atoms with Crippen LogP contribution < -0.4 is 5.73 Å². The van der Waals surface area contributed by atoms with Gasteiger partial charge in [-0.3, -0.25) is 0 Å². The predicted octanol–water partition coefficient (Wildman–Crippen LogP) is 5.70. The van der Waals surface area contributed by atoms with Crippen molar-refractivity contribution >= 4 is 35.0 Å². The minimum absolute atomic E-state index is 0.179. The van der Waals surface area contributed by atoms with Gasteiger partial charge in [-0.1, -0.05) is 48.3 Å². The maximum absolute atomic E-state index is 14.1. The summed E-state index contributed by atoms with van der Waals surface area (Å²) in [6, 6.07) is 11.8. The lowest BCUT2D eigenvalue weighted by atomic mass is 10.0. The molecule has 2 unspecified atom stereocenters. The molecule has 1 nitrogen and oxygen atoms in total. The van der Waals surface area contributed by atoms with Crippen LogP contribution in [0.25, 0.3) is 0 Å². The maximum atomic E-state index is 14.1. The van der Waals surface area contributed by atoms with Crippen LogP contribution in [0.4, 0.5) is 4.39 Å². The Bertz CT molecular complexity index is 621. The fraction of sp³-hybridized carbons (Fsp3) is 0.250. The van der Waals surface area contributed by atoms with E-state index in [-0.39, 0.29) is 17.1 Å². The summed E-state index contributed by atoms with van der Waals surface area (Å²) in [4.78, 5) is 0.807. The van der Waals surface area contributed by atoms with E-state index in [2.05, 4.69) is 0 Å². The Morgan fingerprint density at radius 3 is 2.57 bits per heavy atom. The molecule has 0 aliphatic rings. The van der Waals surface area contributed by atoms with Crippen molar-refractivity contribution in [2.24, 2.45) is 5.73 Å². The normalized spacial score (nSPS) is 14.0. The summed E-state index contributed by atoms with van der Waals surface area (Å²) in [6.45, 7) is 1.98. The molecule has 0 heterocycles. The van der Waals surface area contributed by atoms with Crippen molar-refractivity contribution in [3.63, 3.8) is 0 Å². The van der Waals surface area contributed by atoms with E-state index in [9.17, 15) is 4.39 Å². The molecule has 0 fully saturated rings. The van der Waals surface area contributed by atoms with Crippen LogP contribution >= 0.6 is 35.0 Å². The van der Waals surface area contributed by atoms with Gasteiger partial charge in [-0.2, -0.15) is 0 Å². The van der Waals surface area contributed by atoms with E-state index < -0.39 is 0 Å². The van der Waals surface area contributed by atoms with E-state index in [1.807, 2.05) is 13.0 Å². The van der Waals surface area contributed by atoms with Gasteiger partial charge in [0.2, 0.25) is 0 Å². The third-order valence-corrected chi connectivity index (χ3v) is 5.35. The van der Waals surface area contributed by atoms with Gasteiger partial charge in [-0.15, -0.1) is 11.8 Å². The SMILES string of the molecule is CCC(N)C(Sc1cc(Cl)ccc1Cl)c1ccccc1F. The molecule has 0 spiro atoms. The predicted molar refractivity (Wildman–Crippen MR) is 89.7 cm³/mol. The van der Waals surface area contributed by atoms with Crippen molar-refractivity contribution < 1.29 is 4.39 Å². The third kappa shape index (κ3) is 4.13. The molecule has 0 saturated heterocycles. The van der Waals surface area contributed by atoms with Crippen LogP contribution in [0.5, 0.6) is 0 Å². The van der Waals surface area contributed by atoms with E-state index >= 15 is 0 Å². The van der Waals surface area contributed by atoms with E-state index in [4.69, 9.17) is 28.9 Å². The van der Waals surface area contributed by atoms with E-state index in [1.54, 1.807) is 30.3 Å². The molecule has 0 amide bonds. The summed E-state index contributed by atoms with van der Waals surface area (Å²) in [5.41, 5.74) is 6.78. The molecule has 0 aliphatic carbocycles. The average Bonchev–Trinajstić information content (AvgIpc) is 2.48. The third-order valence-electron chi connectivity index (χ3n) is 3.22. The van der Waals surface area contributed by atoms with Crippen molar-refractivity contribution in [1.29, 1.82) is 0 Å². The molecule has 2 N–H and O–H groups in total. The summed E-state index contributed by atoms with van der Waals surface area (Å²) in [6.07, 6.45) is 0.740. The second-order valence-electron chi connectivity index (χ2n) is 4.71. The summed E-state index contributed by atoms with van der Waals surface area (Å²) < 4.78 is 14.1. The highest BCUT2D eigenvalue weighted by atomic mass is 35.5. The lowest BCUT2D eigenvalue weighted by Gasteiger charge is -2.24. The van der Waals surface area contributed by atoms with Crippen LogP contribution in [0.2, 0.25) is 10.0 Å². The molecule has 2 aromatic rings. The molecule has 0 saturated carbocycles. The Labute approximate surface area is 138 Å². The van der Waals surface area contributed by atoms with Crippen LogP contribution in [0, 0.1) is 5.82 Å². The summed E-state index contributed by atoms with van der Waals surface area (Å²) in [5.74, 6) is -0.253. The van der Waals surface area contributed by atoms with Gasteiger partial charge in [-0.25, -0.2) is 4.39 Å². The number of rotatable bonds is 5. The van der Waals surface area contributed by atoms with Gasteiger partial charge in [0.25, 0.3) is 0 Å². The molecule has 0 radical (unpaired) electrons. The molecule has 2 rings (SSSR count). The summed E-state index contributed by atoms with van der Waals surface area (Å²) in [7, 11) is 0. The zero-order valence-corrected chi connectivity index (χ0v) is 13.9. The van der Waals surface area contributed by atoms with E-state index in [0.29, 0.717) is 15.6 Å². The fourth-order valence-electron chi connectivity index (χ4n) is 2.01. The van der Waals surface area contributed by atoms with Crippen molar-refractivity contribution in [1.82, 2.24) is 0 Å². The molecule has 2 atom stereocenters. The minimum Gasteiger partial charge on any atom is -0.326 e. The van der Waals surface area contributed by atoms with Crippen LogP contribution in [0.15, 0.2) is 47.4 Å². The topological polar surface area (TPSA) is 26.0 Å². The monoisotopic (exact) mass is 343 g/mol. The Hall–Kier alpha value is -0.740. The van der Waals surface area contributed by atoms with Crippen molar-refractivity contribution in [2.45, 2.75) is 29.5 Å². The highest BCUT2D eigenvalue weighted by Gasteiger charge is 2.23. The summed E-state index contributed by atoms with van der Waals surface area (Å²) in [5, 5.41) is 0.973. The number of hydrogen-bond acceptors (Lipinski definition) is 2. The van der Waals surface area contributed by atoms with E-state index in [1.165, 1.54) is 17.8 Å². The van der Waals surface area contributed by atoms with Crippen LogP contribution in [0.1, 0.15) is 24.2 Å². The van der Waals surface area contributed by atoms with Crippen LogP contribution in [-0.2, 0) is 0 Å². The summed E-state index contributed by atoms with van der Waals surface area (Å²) >= 11 is 13.7. The molecule has 21 heavy (non-hydrogen) atoms. The number of hydrogen-bond donors (Lipinski definition) is 1. The van der Waals surface area contributed by atoms with Crippen LogP contribution in [-0.4, -0.2) is 6.04 Å². The Balaban J connectivity index is 2.38. The molecule has 0 bridgehead atoms. The quantitative estimate of drug-likeness (QED) is 0.704. The number of halogens is 3. The maximum Gasteiger partial charge on any atom is 0.127 e. The largest absolute Gasteiger partial charge is 0.326 e. The number of thioether (sulfide) groups is 1. The first kappa shape index (κ1) is 16.6. The fourth-order valence-corrected chi connectivity index (χ4v) is 3.83. The van der Waals surface area contributed by atoms with Gasteiger partial charge in [0.1, 0.15) is 5.82 Å². The highest BCUT2D eigenvalue weighted by Crippen LogP contribution is 2.42. The van der Waals surface area contributed by atoms with Crippen molar-refractivity contribution in [3.05, 3.63) is 63.9 Å². The second kappa shape index (κ2) is 7.50. The van der Waals surface area contributed by atoms with Gasteiger partial charge < -0.3 is 5.73 Å². The average molecular weight is 344 g/mol. The number of nitrogens with two attached hydrogens (primary N) is 1. The van der Waals surface area contributed by atoms with Gasteiger partial charge >= 0.3 is 0 Å². The first-order valence-corrected chi connectivity index (χ1v) is 8.28. The zero-order valence-electron chi connectivity index (χ0n) is 11.5. The molecule has 5 heteroatoms.